The fourth-order valence-electron chi connectivity index (χ4n) is 2.82. The molecule has 3 rings (SSSR count). The molecule has 0 saturated carbocycles. The highest BCUT2D eigenvalue weighted by Crippen LogP contribution is 2.29. The molecule has 2 heterocycles. The predicted octanol–water partition coefficient (Wildman–Crippen LogP) is 2.96. The topological polar surface area (TPSA) is 33.2 Å². The lowest BCUT2D eigenvalue weighted by molar-refractivity contribution is -0.111. The zero-order valence-electron chi connectivity index (χ0n) is 11.2. The quantitative estimate of drug-likeness (QED) is 0.772. The molecule has 1 aliphatic heterocycles. The SMILES string of the molecule is Cc1cc(N2CCC(C=O)CC2)c2ccccc2n1. The van der Waals surface area contributed by atoms with E-state index in [2.05, 4.69) is 34.1 Å². The maximum absolute atomic E-state index is 10.8. The number of nitrogens with zero attached hydrogens (tertiary/aromatic N) is 2. The number of aromatic nitrogens is 1. The number of carbonyl (C=O) groups is 1. The van der Waals surface area contributed by atoms with Crippen LogP contribution in [0.4, 0.5) is 5.69 Å². The fraction of sp³-hybridized carbons (Fsp3) is 0.375. The number of hydrogen-bond acceptors (Lipinski definition) is 3. The molecular formula is C16H18N2O. The number of benzene rings is 1. The molecule has 1 saturated heterocycles. The van der Waals surface area contributed by atoms with Gasteiger partial charge in [0.05, 0.1) is 5.52 Å². The van der Waals surface area contributed by atoms with Gasteiger partial charge in [-0.15, -0.1) is 0 Å². The second-order valence-corrected chi connectivity index (χ2v) is 5.26. The lowest BCUT2D eigenvalue weighted by atomic mass is 9.97. The van der Waals surface area contributed by atoms with Crippen LogP contribution in [0.2, 0.25) is 0 Å². The third-order valence-electron chi connectivity index (χ3n) is 3.90. The minimum absolute atomic E-state index is 0.241. The van der Waals surface area contributed by atoms with Crippen molar-refractivity contribution in [3.63, 3.8) is 0 Å². The molecule has 98 valence electrons. The Morgan fingerprint density at radius 2 is 2.00 bits per heavy atom. The number of anilines is 1. The average Bonchev–Trinajstić information content (AvgIpc) is 2.46. The minimum Gasteiger partial charge on any atom is -0.371 e. The summed E-state index contributed by atoms with van der Waals surface area (Å²) in [4.78, 5) is 17.8. The van der Waals surface area contributed by atoms with Crippen molar-refractivity contribution in [1.29, 1.82) is 0 Å². The Kier molecular flexibility index (Phi) is 3.20. The summed E-state index contributed by atoms with van der Waals surface area (Å²) in [6, 6.07) is 10.4. The van der Waals surface area contributed by atoms with E-state index in [-0.39, 0.29) is 5.92 Å². The van der Waals surface area contributed by atoms with E-state index in [0.29, 0.717) is 0 Å². The summed E-state index contributed by atoms with van der Waals surface area (Å²) in [5, 5.41) is 1.21. The van der Waals surface area contributed by atoms with Crippen LogP contribution < -0.4 is 4.90 Å². The molecule has 1 aromatic heterocycles. The fourth-order valence-corrected chi connectivity index (χ4v) is 2.82. The number of hydrogen-bond donors (Lipinski definition) is 0. The summed E-state index contributed by atoms with van der Waals surface area (Å²) in [6.45, 7) is 3.95. The Bertz CT molecular complexity index is 601. The molecule has 0 radical (unpaired) electrons. The first kappa shape index (κ1) is 12.2. The number of rotatable bonds is 2. The molecule has 0 unspecified atom stereocenters. The number of piperidine rings is 1. The van der Waals surface area contributed by atoms with Gasteiger partial charge in [0.15, 0.2) is 0 Å². The molecule has 3 nitrogen and oxygen atoms in total. The Labute approximate surface area is 113 Å². The molecular weight excluding hydrogens is 236 g/mol. The second kappa shape index (κ2) is 5.00. The van der Waals surface area contributed by atoms with E-state index in [1.165, 1.54) is 11.1 Å². The molecule has 0 aliphatic carbocycles. The van der Waals surface area contributed by atoms with Crippen molar-refractivity contribution >= 4 is 22.9 Å². The zero-order chi connectivity index (χ0) is 13.2. The van der Waals surface area contributed by atoms with Crippen molar-refractivity contribution in [2.45, 2.75) is 19.8 Å². The van der Waals surface area contributed by atoms with Crippen LogP contribution in [0.15, 0.2) is 30.3 Å². The summed E-state index contributed by atoms with van der Waals surface area (Å²) in [5.41, 5.74) is 3.36. The Hall–Kier alpha value is -1.90. The van der Waals surface area contributed by atoms with E-state index < -0.39 is 0 Å². The van der Waals surface area contributed by atoms with Crippen molar-refractivity contribution in [3.05, 3.63) is 36.0 Å². The molecule has 0 N–H and O–H groups in total. The number of aryl methyl sites for hydroxylation is 1. The summed E-state index contributed by atoms with van der Waals surface area (Å²) in [7, 11) is 0. The van der Waals surface area contributed by atoms with Gasteiger partial charge in [0.25, 0.3) is 0 Å². The highest BCUT2D eigenvalue weighted by Gasteiger charge is 2.20. The van der Waals surface area contributed by atoms with E-state index in [1.807, 2.05) is 13.0 Å². The van der Waals surface area contributed by atoms with Crippen LogP contribution in [-0.4, -0.2) is 24.4 Å². The lowest BCUT2D eigenvalue weighted by Gasteiger charge is -2.32. The molecule has 0 spiro atoms. The number of aldehydes is 1. The first-order chi connectivity index (χ1) is 9.28. The van der Waals surface area contributed by atoms with Gasteiger partial charge in [-0.3, -0.25) is 4.98 Å². The Balaban J connectivity index is 1.98. The van der Waals surface area contributed by atoms with Gasteiger partial charge in [-0.2, -0.15) is 0 Å². The molecule has 3 heteroatoms. The number of carbonyl (C=O) groups excluding carboxylic acids is 1. The number of pyridine rings is 1. The minimum atomic E-state index is 0.241. The molecule has 2 aromatic rings. The number of para-hydroxylation sites is 1. The van der Waals surface area contributed by atoms with Crippen LogP contribution in [0.1, 0.15) is 18.5 Å². The lowest BCUT2D eigenvalue weighted by Crippen LogP contribution is -2.34. The third kappa shape index (κ3) is 2.33. The Morgan fingerprint density at radius 1 is 1.26 bits per heavy atom. The van der Waals surface area contributed by atoms with Crippen LogP contribution in [0.25, 0.3) is 10.9 Å². The van der Waals surface area contributed by atoms with Gasteiger partial charge in [0, 0.05) is 35.8 Å². The smallest absolute Gasteiger partial charge is 0.123 e. The average molecular weight is 254 g/mol. The highest BCUT2D eigenvalue weighted by atomic mass is 16.1. The Morgan fingerprint density at radius 3 is 2.74 bits per heavy atom. The van der Waals surface area contributed by atoms with Crippen LogP contribution in [0.5, 0.6) is 0 Å². The predicted molar refractivity (Wildman–Crippen MR) is 77.5 cm³/mol. The molecule has 1 fully saturated rings. The van der Waals surface area contributed by atoms with Gasteiger partial charge in [-0.1, -0.05) is 18.2 Å². The molecule has 0 atom stereocenters. The van der Waals surface area contributed by atoms with Gasteiger partial charge < -0.3 is 9.69 Å². The summed E-state index contributed by atoms with van der Waals surface area (Å²) in [6.07, 6.45) is 3.02. The molecule has 0 amide bonds. The van der Waals surface area contributed by atoms with Gasteiger partial charge >= 0.3 is 0 Å². The van der Waals surface area contributed by atoms with E-state index in [4.69, 9.17) is 0 Å². The zero-order valence-corrected chi connectivity index (χ0v) is 11.2. The molecule has 1 aromatic carbocycles. The van der Waals surface area contributed by atoms with Crippen LogP contribution in [0.3, 0.4) is 0 Å². The third-order valence-corrected chi connectivity index (χ3v) is 3.90. The van der Waals surface area contributed by atoms with Gasteiger partial charge in [0.2, 0.25) is 0 Å². The van der Waals surface area contributed by atoms with Crippen molar-refractivity contribution in [3.8, 4) is 0 Å². The van der Waals surface area contributed by atoms with Crippen LogP contribution in [0, 0.1) is 12.8 Å². The molecule has 19 heavy (non-hydrogen) atoms. The van der Waals surface area contributed by atoms with Crippen molar-refractivity contribution in [2.24, 2.45) is 5.92 Å². The monoisotopic (exact) mass is 254 g/mol. The summed E-state index contributed by atoms with van der Waals surface area (Å²) < 4.78 is 0. The largest absolute Gasteiger partial charge is 0.371 e. The van der Waals surface area contributed by atoms with Crippen molar-refractivity contribution < 1.29 is 4.79 Å². The summed E-state index contributed by atoms with van der Waals surface area (Å²) in [5.74, 6) is 0.241. The maximum Gasteiger partial charge on any atom is 0.123 e. The first-order valence-electron chi connectivity index (χ1n) is 6.84. The van der Waals surface area contributed by atoms with Gasteiger partial charge in [0.1, 0.15) is 6.29 Å². The molecule has 0 bridgehead atoms. The molecule has 1 aliphatic rings. The van der Waals surface area contributed by atoms with E-state index in [0.717, 1.165) is 43.4 Å². The van der Waals surface area contributed by atoms with Gasteiger partial charge in [-0.25, -0.2) is 0 Å². The van der Waals surface area contributed by atoms with Crippen LogP contribution >= 0.6 is 0 Å². The van der Waals surface area contributed by atoms with E-state index in [1.54, 1.807) is 0 Å². The number of fused-ring (bicyclic) bond motifs is 1. The standard InChI is InChI=1S/C16H18N2O/c1-12-10-16(14-4-2-3-5-15(14)17-12)18-8-6-13(11-19)7-9-18/h2-5,10-11,13H,6-9H2,1H3. The maximum atomic E-state index is 10.8. The second-order valence-electron chi connectivity index (χ2n) is 5.26. The highest BCUT2D eigenvalue weighted by molar-refractivity contribution is 5.92. The van der Waals surface area contributed by atoms with E-state index >= 15 is 0 Å². The first-order valence-corrected chi connectivity index (χ1v) is 6.84. The van der Waals surface area contributed by atoms with Crippen molar-refractivity contribution in [1.82, 2.24) is 4.98 Å². The summed E-state index contributed by atoms with van der Waals surface area (Å²) >= 11 is 0. The van der Waals surface area contributed by atoms with Crippen molar-refractivity contribution in [2.75, 3.05) is 18.0 Å². The van der Waals surface area contributed by atoms with E-state index in [9.17, 15) is 4.79 Å². The van der Waals surface area contributed by atoms with Gasteiger partial charge in [-0.05, 0) is 31.9 Å². The van der Waals surface area contributed by atoms with Crippen LogP contribution in [-0.2, 0) is 4.79 Å². The normalized spacial score (nSPS) is 16.8.